The summed E-state index contributed by atoms with van der Waals surface area (Å²) in [6.45, 7) is 2.47. The molecule has 0 aromatic heterocycles. The molecule has 3 saturated carbocycles. The number of fused-ring (bicyclic) bond motifs is 2. The molecule has 5 N–H and O–H groups in total. The molecule has 0 bridgehead atoms. The van der Waals surface area contributed by atoms with Gasteiger partial charge in [0, 0.05) is 30.3 Å². The Labute approximate surface area is 204 Å². The Hall–Kier alpha value is -1.12. The van der Waals surface area contributed by atoms with Gasteiger partial charge in [-0.05, 0) is 74.9 Å². The number of carbonyl (C=O) groups excluding carboxylic acids is 1. The van der Waals surface area contributed by atoms with E-state index in [2.05, 4.69) is 4.90 Å². The molecule has 5 fully saturated rings. The van der Waals surface area contributed by atoms with Gasteiger partial charge in [-0.15, -0.1) is 0 Å². The molecule has 3 aliphatic carbocycles. The lowest BCUT2D eigenvalue weighted by Crippen LogP contribution is -2.50. The fourth-order valence-corrected chi connectivity index (χ4v) is 8.44. The summed E-state index contributed by atoms with van der Waals surface area (Å²) in [7, 11) is -1.20. The Morgan fingerprint density at radius 3 is 2.35 bits per heavy atom. The number of rotatable bonds is 4. The van der Waals surface area contributed by atoms with Crippen LogP contribution < -0.4 is 5.73 Å². The molecule has 5 aliphatic rings. The highest BCUT2D eigenvalue weighted by Gasteiger charge is 2.53. The van der Waals surface area contributed by atoms with Crippen molar-refractivity contribution in [3.63, 3.8) is 0 Å². The van der Waals surface area contributed by atoms with Crippen molar-refractivity contribution in [2.24, 2.45) is 40.7 Å². The molecule has 1 amide bonds. The number of nitrogens with two attached hydrogens (primary N) is 1. The van der Waals surface area contributed by atoms with Gasteiger partial charge in [0.25, 0.3) is 0 Å². The lowest BCUT2D eigenvalue weighted by atomic mass is 9.59. The number of nitrogens with one attached hydrogen (secondary N) is 1. The maximum Gasteiger partial charge on any atom is 0.454 e. The Bertz CT molecular complexity index is 756. The van der Waals surface area contributed by atoms with E-state index in [0.29, 0.717) is 35.6 Å². The second kappa shape index (κ2) is 10.1. The average molecular weight is 473 g/mol. The third-order valence-corrected chi connectivity index (χ3v) is 10.6. The fourth-order valence-electron chi connectivity index (χ4n) is 8.44. The maximum atomic E-state index is 13.6. The number of nitrogens with zero attached hydrogens (tertiary/aromatic N) is 1. The second-order valence-electron chi connectivity index (χ2n) is 12.3. The zero-order chi connectivity index (χ0) is 23.9. The first-order chi connectivity index (χ1) is 16.4. The van der Waals surface area contributed by atoms with Crippen molar-refractivity contribution in [1.82, 2.24) is 4.90 Å². The number of hydrogen-bond donors (Lipinski definition) is 4. The van der Waals surface area contributed by atoms with Crippen molar-refractivity contribution in [2.75, 3.05) is 19.7 Å². The minimum atomic E-state index is -1.20. The molecule has 7 nitrogen and oxygen atoms in total. The molecule has 2 aliphatic heterocycles. The van der Waals surface area contributed by atoms with E-state index in [4.69, 9.17) is 15.9 Å². The Morgan fingerprint density at radius 2 is 1.65 bits per heavy atom. The van der Waals surface area contributed by atoms with Crippen LogP contribution in [0.15, 0.2) is 0 Å². The number of amides is 1. The predicted molar refractivity (Wildman–Crippen MR) is 132 cm³/mol. The van der Waals surface area contributed by atoms with Crippen LogP contribution in [0.4, 0.5) is 0 Å². The molecule has 1 spiro atoms. The van der Waals surface area contributed by atoms with Crippen molar-refractivity contribution < 1.29 is 19.6 Å². The van der Waals surface area contributed by atoms with Crippen LogP contribution in [0.1, 0.15) is 83.5 Å². The summed E-state index contributed by atoms with van der Waals surface area (Å²) in [5.74, 6) is 2.60. The summed E-state index contributed by atoms with van der Waals surface area (Å²) in [5, 5.41) is 27.3. The molecule has 8 heteroatoms. The van der Waals surface area contributed by atoms with Crippen LogP contribution in [-0.4, -0.2) is 59.6 Å². The van der Waals surface area contributed by atoms with Crippen molar-refractivity contribution in [3.8, 4) is 0 Å². The van der Waals surface area contributed by atoms with Crippen molar-refractivity contribution in [1.29, 1.82) is 5.41 Å². The van der Waals surface area contributed by atoms with Crippen molar-refractivity contribution in [3.05, 3.63) is 0 Å². The summed E-state index contributed by atoms with van der Waals surface area (Å²) in [5.41, 5.74) is 6.02. The zero-order valence-electron chi connectivity index (χ0n) is 20.7. The Kier molecular flexibility index (Phi) is 7.30. The van der Waals surface area contributed by atoms with Crippen LogP contribution in [-0.2, 0) is 9.53 Å². The summed E-state index contributed by atoms with van der Waals surface area (Å²) >= 11 is 0. The standard InChI is InChI=1S/C26H44BN3O4/c28-24(29)19-7-8-23-22(15-19)26(16-34-23)9-11-30(12-10-26)25(31)20-5-1-3-17(13-20)18-4-2-6-21(14-18)27(32)33/h17-23,32-33H,1-16H2,(H3,28,29). The normalized spacial score (nSPS) is 40.1. The molecule has 5 rings (SSSR count). The summed E-state index contributed by atoms with van der Waals surface area (Å²) in [6, 6.07) is 0. The van der Waals surface area contributed by atoms with E-state index >= 15 is 0 Å². The molecular weight excluding hydrogens is 429 g/mol. The van der Waals surface area contributed by atoms with Gasteiger partial charge in [0.05, 0.1) is 18.5 Å². The van der Waals surface area contributed by atoms with Crippen LogP contribution in [0.2, 0.25) is 5.82 Å². The number of likely N-dealkylation sites (tertiary alicyclic amines) is 1. The van der Waals surface area contributed by atoms with Crippen LogP contribution in [0.25, 0.3) is 0 Å². The van der Waals surface area contributed by atoms with Gasteiger partial charge in [-0.1, -0.05) is 32.1 Å². The quantitative estimate of drug-likeness (QED) is 0.284. The Morgan fingerprint density at radius 1 is 0.941 bits per heavy atom. The largest absolute Gasteiger partial charge is 0.454 e. The fraction of sp³-hybridized carbons (Fsp3) is 0.923. The zero-order valence-corrected chi connectivity index (χ0v) is 20.7. The maximum absolute atomic E-state index is 13.6. The van der Waals surface area contributed by atoms with E-state index in [9.17, 15) is 14.8 Å². The summed E-state index contributed by atoms with van der Waals surface area (Å²) < 4.78 is 6.25. The van der Waals surface area contributed by atoms with E-state index in [-0.39, 0.29) is 23.1 Å². The van der Waals surface area contributed by atoms with E-state index in [1.807, 2.05) is 0 Å². The van der Waals surface area contributed by atoms with Gasteiger partial charge >= 0.3 is 7.12 Å². The molecule has 0 aromatic rings. The van der Waals surface area contributed by atoms with E-state index in [1.165, 1.54) is 12.8 Å². The van der Waals surface area contributed by atoms with Gasteiger partial charge in [-0.3, -0.25) is 10.2 Å². The molecule has 0 radical (unpaired) electrons. The van der Waals surface area contributed by atoms with Gasteiger partial charge in [-0.2, -0.15) is 0 Å². The van der Waals surface area contributed by atoms with Crippen molar-refractivity contribution in [2.45, 2.75) is 95.4 Å². The first-order valence-corrected chi connectivity index (χ1v) is 14.0. The lowest BCUT2D eigenvalue weighted by molar-refractivity contribution is -0.140. The predicted octanol–water partition coefficient (Wildman–Crippen LogP) is 3.19. The number of piperidine rings is 1. The highest BCUT2D eigenvalue weighted by atomic mass is 16.5. The topological polar surface area (TPSA) is 120 Å². The molecule has 7 atom stereocenters. The second-order valence-corrected chi connectivity index (χ2v) is 12.3. The van der Waals surface area contributed by atoms with Crippen molar-refractivity contribution >= 4 is 18.9 Å². The number of carbonyl (C=O) groups is 1. The van der Waals surface area contributed by atoms with Gasteiger partial charge < -0.3 is 25.4 Å². The molecule has 2 heterocycles. The molecule has 2 saturated heterocycles. The first-order valence-electron chi connectivity index (χ1n) is 14.0. The van der Waals surface area contributed by atoms with E-state index in [0.717, 1.165) is 90.3 Å². The minimum Gasteiger partial charge on any atom is -0.427 e. The molecular formula is C26H44BN3O4. The Balaban J connectivity index is 1.16. The molecule has 190 valence electrons. The number of ether oxygens (including phenoxy) is 1. The molecule has 34 heavy (non-hydrogen) atoms. The van der Waals surface area contributed by atoms with Gasteiger partial charge in [0.15, 0.2) is 0 Å². The van der Waals surface area contributed by atoms with Crippen LogP contribution in [0, 0.1) is 40.4 Å². The summed E-state index contributed by atoms with van der Waals surface area (Å²) in [4.78, 5) is 15.7. The molecule has 7 unspecified atom stereocenters. The van der Waals surface area contributed by atoms with Crippen LogP contribution in [0.5, 0.6) is 0 Å². The average Bonchev–Trinajstić information content (AvgIpc) is 3.21. The van der Waals surface area contributed by atoms with E-state index in [1.54, 1.807) is 0 Å². The molecule has 0 aromatic carbocycles. The third kappa shape index (κ3) is 4.79. The van der Waals surface area contributed by atoms with Crippen LogP contribution >= 0.6 is 0 Å². The SMILES string of the molecule is N=C(N)C1CCC2OCC3(CCN(C(=O)C4CCCC(C5CCCC(B(O)O)C5)C4)CC3)C2C1. The smallest absolute Gasteiger partial charge is 0.427 e. The number of amidine groups is 1. The van der Waals surface area contributed by atoms with Crippen LogP contribution in [0.3, 0.4) is 0 Å². The minimum absolute atomic E-state index is 0.00737. The van der Waals surface area contributed by atoms with Gasteiger partial charge in [-0.25, -0.2) is 0 Å². The lowest BCUT2D eigenvalue weighted by Gasteiger charge is -2.46. The summed E-state index contributed by atoms with van der Waals surface area (Å²) in [6.07, 6.45) is 13.6. The van der Waals surface area contributed by atoms with Gasteiger partial charge in [0.2, 0.25) is 5.91 Å². The van der Waals surface area contributed by atoms with E-state index < -0.39 is 7.12 Å². The number of hydrogen-bond acceptors (Lipinski definition) is 5. The third-order valence-electron chi connectivity index (χ3n) is 10.6. The van der Waals surface area contributed by atoms with Gasteiger partial charge in [0.1, 0.15) is 0 Å². The first kappa shape index (κ1) is 24.6. The highest BCUT2D eigenvalue weighted by Crippen LogP contribution is 2.53. The monoisotopic (exact) mass is 473 g/mol. The highest BCUT2D eigenvalue weighted by molar-refractivity contribution is 6.43.